The summed E-state index contributed by atoms with van der Waals surface area (Å²) in [5, 5.41) is 2.75. The van der Waals surface area contributed by atoms with Gasteiger partial charge in [0.05, 0.1) is 5.69 Å². The molecular weight excluding hydrogens is 192 g/mol. The number of amides is 1. The molecule has 0 atom stereocenters. The maximum atomic E-state index is 11.5. The van der Waals surface area contributed by atoms with Crippen molar-refractivity contribution >= 4 is 17.7 Å². The van der Waals surface area contributed by atoms with Crippen LogP contribution >= 0.6 is 0 Å². The lowest BCUT2D eigenvalue weighted by Gasteiger charge is -2.02. The molecule has 0 aliphatic carbocycles. The molecule has 0 aliphatic heterocycles. The first-order valence-electron chi connectivity index (χ1n) is 4.74. The molecule has 78 valence electrons. The standard InChI is InChI=1S/C11H12N2O2/c1-2-7-12-11(15)9-3-5-10(6-4-9)13-8-14/h3-6H,2,7H2,1H3,(H,12,15). The summed E-state index contributed by atoms with van der Waals surface area (Å²) in [5.41, 5.74) is 1.06. The summed E-state index contributed by atoms with van der Waals surface area (Å²) in [5.74, 6) is -0.113. The highest BCUT2D eigenvalue weighted by Gasteiger charge is 2.03. The molecule has 0 radical (unpaired) electrons. The van der Waals surface area contributed by atoms with Crippen molar-refractivity contribution in [3.63, 3.8) is 0 Å². The third-order valence-corrected chi connectivity index (χ3v) is 1.84. The molecule has 0 aliphatic rings. The van der Waals surface area contributed by atoms with E-state index in [2.05, 4.69) is 10.3 Å². The van der Waals surface area contributed by atoms with Gasteiger partial charge >= 0.3 is 0 Å². The van der Waals surface area contributed by atoms with Crippen LogP contribution in [0.1, 0.15) is 23.7 Å². The largest absolute Gasteiger partial charge is 0.352 e. The van der Waals surface area contributed by atoms with E-state index in [1.165, 1.54) is 6.08 Å². The quantitative estimate of drug-likeness (QED) is 0.600. The number of carbonyl (C=O) groups is 1. The first kappa shape index (κ1) is 11.1. The summed E-state index contributed by atoms with van der Waals surface area (Å²) in [7, 11) is 0. The van der Waals surface area contributed by atoms with Crippen molar-refractivity contribution in [3.05, 3.63) is 29.8 Å². The van der Waals surface area contributed by atoms with Crippen LogP contribution in [-0.2, 0) is 4.79 Å². The summed E-state index contributed by atoms with van der Waals surface area (Å²) in [6.45, 7) is 2.65. The van der Waals surface area contributed by atoms with Crippen molar-refractivity contribution in [2.24, 2.45) is 4.99 Å². The summed E-state index contributed by atoms with van der Waals surface area (Å²) in [4.78, 5) is 24.8. The van der Waals surface area contributed by atoms with E-state index in [9.17, 15) is 9.59 Å². The zero-order valence-corrected chi connectivity index (χ0v) is 8.49. The Balaban J connectivity index is 2.70. The average molecular weight is 204 g/mol. The molecule has 4 nitrogen and oxygen atoms in total. The highest BCUT2D eigenvalue weighted by Crippen LogP contribution is 2.11. The number of aliphatic imine (C=N–C) groups is 1. The number of nitrogens with one attached hydrogen (secondary N) is 1. The number of rotatable bonds is 4. The van der Waals surface area contributed by atoms with E-state index in [0.29, 0.717) is 17.8 Å². The van der Waals surface area contributed by atoms with Gasteiger partial charge in [-0.1, -0.05) is 6.92 Å². The van der Waals surface area contributed by atoms with E-state index < -0.39 is 0 Å². The van der Waals surface area contributed by atoms with E-state index in [1.54, 1.807) is 24.3 Å². The predicted octanol–water partition coefficient (Wildman–Crippen LogP) is 1.79. The highest BCUT2D eigenvalue weighted by atomic mass is 16.1. The van der Waals surface area contributed by atoms with Crippen LogP contribution in [0.4, 0.5) is 5.69 Å². The molecule has 15 heavy (non-hydrogen) atoms. The van der Waals surface area contributed by atoms with Gasteiger partial charge in [-0.3, -0.25) is 4.79 Å². The number of hydrogen-bond acceptors (Lipinski definition) is 3. The molecule has 0 unspecified atom stereocenters. The normalized spacial score (nSPS) is 9.13. The lowest BCUT2D eigenvalue weighted by Crippen LogP contribution is -2.23. The lowest BCUT2D eigenvalue weighted by molar-refractivity contribution is 0.0953. The van der Waals surface area contributed by atoms with Crippen molar-refractivity contribution in [2.75, 3.05) is 6.54 Å². The van der Waals surface area contributed by atoms with E-state index in [1.807, 2.05) is 6.92 Å². The predicted molar refractivity (Wildman–Crippen MR) is 56.8 cm³/mol. The Morgan fingerprint density at radius 1 is 1.40 bits per heavy atom. The smallest absolute Gasteiger partial charge is 0.251 e. The van der Waals surface area contributed by atoms with Crippen LogP contribution < -0.4 is 5.32 Å². The van der Waals surface area contributed by atoms with Crippen molar-refractivity contribution in [2.45, 2.75) is 13.3 Å². The third kappa shape index (κ3) is 3.37. The maximum absolute atomic E-state index is 11.5. The van der Waals surface area contributed by atoms with Gasteiger partial charge in [0.25, 0.3) is 5.91 Å². The van der Waals surface area contributed by atoms with Gasteiger partial charge in [-0.15, -0.1) is 0 Å². The molecule has 0 bridgehead atoms. The van der Waals surface area contributed by atoms with Crippen LogP contribution in [0, 0.1) is 0 Å². The molecule has 0 fully saturated rings. The minimum atomic E-state index is -0.113. The van der Waals surface area contributed by atoms with E-state index >= 15 is 0 Å². The Morgan fingerprint density at radius 3 is 2.60 bits per heavy atom. The van der Waals surface area contributed by atoms with Gasteiger partial charge in [-0.25, -0.2) is 4.79 Å². The second-order valence-corrected chi connectivity index (χ2v) is 3.01. The molecule has 0 heterocycles. The van der Waals surface area contributed by atoms with E-state index in [0.717, 1.165) is 6.42 Å². The van der Waals surface area contributed by atoms with Crippen LogP contribution in [0.25, 0.3) is 0 Å². The Bertz CT molecular complexity index is 378. The summed E-state index contributed by atoms with van der Waals surface area (Å²) >= 11 is 0. The molecule has 1 rings (SSSR count). The van der Waals surface area contributed by atoms with Gasteiger partial charge < -0.3 is 5.32 Å². The third-order valence-electron chi connectivity index (χ3n) is 1.84. The molecule has 0 aromatic heterocycles. The fourth-order valence-corrected chi connectivity index (χ4v) is 1.08. The molecule has 0 spiro atoms. The van der Waals surface area contributed by atoms with Crippen LogP contribution in [0.15, 0.2) is 29.3 Å². The zero-order valence-electron chi connectivity index (χ0n) is 8.49. The van der Waals surface area contributed by atoms with E-state index in [4.69, 9.17) is 0 Å². The number of nitrogens with zero attached hydrogens (tertiary/aromatic N) is 1. The molecule has 1 aromatic rings. The zero-order chi connectivity index (χ0) is 11.1. The van der Waals surface area contributed by atoms with Gasteiger partial charge in [-0.2, -0.15) is 4.99 Å². The van der Waals surface area contributed by atoms with Crippen LogP contribution in [0.5, 0.6) is 0 Å². The fraction of sp³-hybridized carbons (Fsp3) is 0.273. The van der Waals surface area contributed by atoms with Crippen LogP contribution in [0.3, 0.4) is 0 Å². The van der Waals surface area contributed by atoms with Crippen LogP contribution in [0.2, 0.25) is 0 Å². The Kier molecular flexibility index (Phi) is 4.26. The molecule has 0 saturated heterocycles. The number of hydrogen-bond donors (Lipinski definition) is 1. The molecular formula is C11H12N2O2. The second-order valence-electron chi connectivity index (χ2n) is 3.01. The SMILES string of the molecule is CCCNC(=O)c1ccc(N=C=O)cc1. The summed E-state index contributed by atoms with van der Waals surface area (Å²) in [6.07, 6.45) is 2.34. The number of carbonyl (C=O) groups excluding carboxylic acids is 2. The monoisotopic (exact) mass is 204 g/mol. The first-order chi connectivity index (χ1) is 7.27. The number of benzene rings is 1. The Labute approximate surface area is 88.0 Å². The van der Waals surface area contributed by atoms with Crippen molar-refractivity contribution in [1.29, 1.82) is 0 Å². The molecule has 1 amide bonds. The molecule has 4 heteroatoms. The van der Waals surface area contributed by atoms with Crippen molar-refractivity contribution in [1.82, 2.24) is 5.32 Å². The highest BCUT2D eigenvalue weighted by molar-refractivity contribution is 5.94. The Morgan fingerprint density at radius 2 is 2.07 bits per heavy atom. The van der Waals surface area contributed by atoms with Crippen LogP contribution in [-0.4, -0.2) is 18.5 Å². The van der Waals surface area contributed by atoms with E-state index in [-0.39, 0.29) is 5.91 Å². The van der Waals surface area contributed by atoms with Crippen molar-refractivity contribution in [3.8, 4) is 0 Å². The second kappa shape index (κ2) is 5.73. The number of isocyanates is 1. The average Bonchev–Trinajstić information content (AvgIpc) is 2.27. The van der Waals surface area contributed by atoms with Gasteiger partial charge in [0.1, 0.15) is 0 Å². The topological polar surface area (TPSA) is 58.5 Å². The van der Waals surface area contributed by atoms with Crippen molar-refractivity contribution < 1.29 is 9.59 Å². The fourth-order valence-electron chi connectivity index (χ4n) is 1.08. The minimum Gasteiger partial charge on any atom is -0.352 e. The first-order valence-corrected chi connectivity index (χ1v) is 4.74. The molecule has 1 aromatic carbocycles. The van der Waals surface area contributed by atoms with Gasteiger partial charge in [-0.05, 0) is 30.7 Å². The summed E-state index contributed by atoms with van der Waals surface area (Å²) < 4.78 is 0. The molecule has 1 N–H and O–H groups in total. The lowest BCUT2D eigenvalue weighted by atomic mass is 10.2. The maximum Gasteiger partial charge on any atom is 0.251 e. The molecule has 0 saturated carbocycles. The Hall–Kier alpha value is -1.93. The minimum absolute atomic E-state index is 0.113. The van der Waals surface area contributed by atoms with Gasteiger partial charge in [0.15, 0.2) is 0 Å². The van der Waals surface area contributed by atoms with Gasteiger partial charge in [0, 0.05) is 12.1 Å². The van der Waals surface area contributed by atoms with Gasteiger partial charge in [0.2, 0.25) is 6.08 Å². The summed E-state index contributed by atoms with van der Waals surface area (Å²) in [6, 6.07) is 6.46.